The molecule has 0 aliphatic heterocycles. The Labute approximate surface area is 75.2 Å². The molecule has 0 unspecified atom stereocenters. The first kappa shape index (κ1) is 9.67. The van der Waals surface area contributed by atoms with Gasteiger partial charge in [-0.05, 0) is 18.2 Å². The van der Waals surface area contributed by atoms with Crippen LogP contribution in [0.5, 0.6) is 0 Å². The van der Waals surface area contributed by atoms with Gasteiger partial charge in [0.05, 0.1) is 6.61 Å². The number of hydrogen-bond donors (Lipinski definition) is 2. The lowest BCUT2D eigenvalue weighted by Crippen LogP contribution is -2.26. The Morgan fingerprint density at radius 2 is 2.31 bits per heavy atom. The molecule has 1 rings (SSSR count). The molecule has 0 aliphatic rings. The zero-order chi connectivity index (χ0) is 9.68. The highest BCUT2D eigenvalue weighted by Gasteiger charge is 2.04. The number of hydrogen-bond acceptors (Lipinski definition) is 2. The van der Waals surface area contributed by atoms with E-state index in [-0.39, 0.29) is 24.6 Å². The molecule has 0 aromatic heterocycles. The number of aliphatic hydroxyl groups is 1. The normalized spacial score (nSPS) is 9.69. The summed E-state index contributed by atoms with van der Waals surface area (Å²) in [6, 6.07) is 5.38. The monoisotopic (exact) mass is 183 g/mol. The number of amides is 1. The minimum atomic E-state index is -0.448. The van der Waals surface area contributed by atoms with E-state index >= 15 is 0 Å². The molecular formula is C9H10FNO2. The molecule has 0 radical (unpaired) electrons. The van der Waals surface area contributed by atoms with E-state index < -0.39 is 5.82 Å². The Bertz CT molecular complexity index is 301. The summed E-state index contributed by atoms with van der Waals surface area (Å²) in [6.07, 6.45) is 0. The van der Waals surface area contributed by atoms with Gasteiger partial charge in [-0.25, -0.2) is 4.39 Å². The Morgan fingerprint density at radius 1 is 1.54 bits per heavy atom. The lowest BCUT2D eigenvalue weighted by Gasteiger charge is -2.02. The second-order valence-corrected chi connectivity index (χ2v) is 2.49. The molecule has 13 heavy (non-hydrogen) atoms. The molecule has 0 heterocycles. The number of rotatable bonds is 3. The van der Waals surface area contributed by atoms with Crippen molar-refractivity contribution in [3.8, 4) is 0 Å². The first-order chi connectivity index (χ1) is 6.24. The summed E-state index contributed by atoms with van der Waals surface area (Å²) in [7, 11) is 0. The molecule has 0 saturated carbocycles. The Kier molecular flexibility index (Phi) is 3.40. The number of carbonyl (C=O) groups excluding carboxylic acids is 1. The predicted octanol–water partition coefficient (Wildman–Crippen LogP) is 0.548. The first-order valence-electron chi connectivity index (χ1n) is 3.88. The van der Waals surface area contributed by atoms with Crippen LogP contribution in [-0.4, -0.2) is 24.2 Å². The Morgan fingerprint density at radius 3 is 2.92 bits per heavy atom. The SMILES string of the molecule is O=C(NCCO)c1cccc(F)c1. The van der Waals surface area contributed by atoms with Gasteiger partial charge in [-0.15, -0.1) is 0 Å². The zero-order valence-electron chi connectivity index (χ0n) is 6.96. The predicted molar refractivity (Wildman–Crippen MR) is 45.8 cm³/mol. The van der Waals surface area contributed by atoms with E-state index in [1.54, 1.807) is 0 Å². The van der Waals surface area contributed by atoms with Crippen LogP contribution in [0.15, 0.2) is 24.3 Å². The van der Waals surface area contributed by atoms with E-state index in [4.69, 9.17) is 5.11 Å². The van der Waals surface area contributed by atoms with Crippen LogP contribution in [0, 0.1) is 5.82 Å². The summed E-state index contributed by atoms with van der Waals surface area (Å²) in [4.78, 5) is 11.2. The third kappa shape index (κ3) is 2.83. The molecule has 1 amide bonds. The second-order valence-electron chi connectivity index (χ2n) is 2.49. The van der Waals surface area contributed by atoms with E-state index in [1.165, 1.54) is 18.2 Å². The fourth-order valence-electron chi connectivity index (χ4n) is 0.901. The standard InChI is InChI=1S/C9H10FNO2/c10-8-3-1-2-7(6-8)9(13)11-4-5-12/h1-3,6,12H,4-5H2,(H,11,13). The van der Waals surface area contributed by atoms with Gasteiger partial charge in [0, 0.05) is 12.1 Å². The van der Waals surface area contributed by atoms with E-state index in [9.17, 15) is 9.18 Å². The number of aliphatic hydroxyl groups excluding tert-OH is 1. The average molecular weight is 183 g/mol. The van der Waals surface area contributed by atoms with Crippen LogP contribution in [-0.2, 0) is 0 Å². The summed E-state index contributed by atoms with van der Waals surface area (Å²) in [6.45, 7) is 0.0520. The number of carbonyl (C=O) groups is 1. The van der Waals surface area contributed by atoms with Crippen LogP contribution >= 0.6 is 0 Å². The lowest BCUT2D eigenvalue weighted by atomic mass is 10.2. The van der Waals surface area contributed by atoms with Crippen molar-refractivity contribution in [3.05, 3.63) is 35.6 Å². The van der Waals surface area contributed by atoms with Gasteiger partial charge < -0.3 is 10.4 Å². The van der Waals surface area contributed by atoms with Crippen LogP contribution in [0.25, 0.3) is 0 Å². The first-order valence-corrected chi connectivity index (χ1v) is 3.88. The molecule has 0 atom stereocenters. The van der Waals surface area contributed by atoms with Crippen molar-refractivity contribution in [2.24, 2.45) is 0 Å². The van der Waals surface area contributed by atoms with Gasteiger partial charge in [0.15, 0.2) is 0 Å². The maximum absolute atomic E-state index is 12.6. The maximum Gasteiger partial charge on any atom is 0.251 e. The van der Waals surface area contributed by atoms with Gasteiger partial charge >= 0.3 is 0 Å². The zero-order valence-corrected chi connectivity index (χ0v) is 6.96. The quantitative estimate of drug-likeness (QED) is 0.718. The topological polar surface area (TPSA) is 49.3 Å². The number of benzene rings is 1. The Balaban J connectivity index is 2.66. The molecule has 2 N–H and O–H groups in total. The summed E-state index contributed by atoms with van der Waals surface area (Å²) in [5.41, 5.74) is 0.258. The van der Waals surface area contributed by atoms with Gasteiger partial charge in [0.1, 0.15) is 5.82 Å². The van der Waals surface area contributed by atoms with Gasteiger partial charge in [0.2, 0.25) is 0 Å². The van der Waals surface area contributed by atoms with Crippen molar-refractivity contribution in [3.63, 3.8) is 0 Å². The molecule has 0 aliphatic carbocycles. The van der Waals surface area contributed by atoms with Crippen LogP contribution in [0.4, 0.5) is 4.39 Å². The number of halogens is 1. The third-order valence-electron chi connectivity index (χ3n) is 1.48. The van der Waals surface area contributed by atoms with Gasteiger partial charge in [0.25, 0.3) is 5.91 Å². The van der Waals surface area contributed by atoms with Gasteiger partial charge in [-0.2, -0.15) is 0 Å². The highest BCUT2D eigenvalue weighted by Crippen LogP contribution is 2.02. The van der Waals surface area contributed by atoms with Crippen molar-refractivity contribution >= 4 is 5.91 Å². The van der Waals surface area contributed by atoms with E-state index in [0.717, 1.165) is 6.07 Å². The van der Waals surface area contributed by atoms with Crippen LogP contribution in [0.3, 0.4) is 0 Å². The molecule has 1 aromatic carbocycles. The minimum absolute atomic E-state index is 0.124. The second kappa shape index (κ2) is 4.57. The molecule has 1 aromatic rings. The van der Waals surface area contributed by atoms with Gasteiger partial charge in [-0.1, -0.05) is 6.07 Å². The summed E-state index contributed by atoms with van der Waals surface area (Å²) < 4.78 is 12.6. The van der Waals surface area contributed by atoms with E-state index in [0.29, 0.717) is 0 Å². The maximum atomic E-state index is 12.6. The van der Waals surface area contributed by atoms with E-state index in [2.05, 4.69) is 5.32 Å². The summed E-state index contributed by atoms with van der Waals surface area (Å²) in [5, 5.41) is 10.8. The van der Waals surface area contributed by atoms with Crippen LogP contribution in [0.1, 0.15) is 10.4 Å². The lowest BCUT2D eigenvalue weighted by molar-refractivity contribution is 0.0944. The Hall–Kier alpha value is -1.42. The minimum Gasteiger partial charge on any atom is -0.395 e. The molecule has 70 valence electrons. The van der Waals surface area contributed by atoms with Crippen LogP contribution in [0.2, 0.25) is 0 Å². The molecule has 0 spiro atoms. The molecule has 0 bridgehead atoms. The third-order valence-corrected chi connectivity index (χ3v) is 1.48. The van der Waals surface area contributed by atoms with Crippen LogP contribution < -0.4 is 5.32 Å². The molecule has 0 fully saturated rings. The smallest absolute Gasteiger partial charge is 0.251 e. The van der Waals surface area contributed by atoms with E-state index in [1.807, 2.05) is 0 Å². The molecule has 0 saturated heterocycles. The van der Waals surface area contributed by atoms with Crippen molar-refractivity contribution in [2.45, 2.75) is 0 Å². The number of nitrogens with one attached hydrogen (secondary N) is 1. The fourth-order valence-corrected chi connectivity index (χ4v) is 0.901. The van der Waals surface area contributed by atoms with Crippen molar-refractivity contribution < 1.29 is 14.3 Å². The molecule has 3 nitrogen and oxygen atoms in total. The molecular weight excluding hydrogens is 173 g/mol. The molecule has 4 heteroatoms. The van der Waals surface area contributed by atoms with Gasteiger partial charge in [-0.3, -0.25) is 4.79 Å². The highest BCUT2D eigenvalue weighted by molar-refractivity contribution is 5.94. The van der Waals surface area contributed by atoms with Crippen molar-refractivity contribution in [2.75, 3.05) is 13.2 Å². The summed E-state index contributed by atoms with van der Waals surface area (Å²) >= 11 is 0. The highest BCUT2D eigenvalue weighted by atomic mass is 19.1. The fraction of sp³-hybridized carbons (Fsp3) is 0.222. The van der Waals surface area contributed by atoms with Crippen molar-refractivity contribution in [1.29, 1.82) is 0 Å². The summed E-state index contributed by atoms with van der Waals surface area (Å²) in [5.74, 6) is -0.829. The largest absolute Gasteiger partial charge is 0.395 e. The average Bonchev–Trinajstić information content (AvgIpc) is 2.14. The van der Waals surface area contributed by atoms with Crippen molar-refractivity contribution in [1.82, 2.24) is 5.32 Å².